The molecule has 0 aliphatic carbocycles. The van der Waals surface area contributed by atoms with Crippen LogP contribution in [0.3, 0.4) is 0 Å². The summed E-state index contributed by atoms with van der Waals surface area (Å²) in [5.41, 5.74) is 8.07. The van der Waals surface area contributed by atoms with Gasteiger partial charge in [0.05, 0.1) is 5.56 Å². The zero-order valence-corrected chi connectivity index (χ0v) is 10.7. The van der Waals surface area contributed by atoms with E-state index in [9.17, 15) is 9.59 Å². The third kappa shape index (κ3) is 2.05. The number of carbonyl (C=O) groups excluding carboxylic acids is 2. The Labute approximate surface area is 116 Å². The molecule has 2 aromatic rings. The van der Waals surface area contributed by atoms with Crippen molar-refractivity contribution in [1.82, 2.24) is 0 Å². The van der Waals surface area contributed by atoms with Gasteiger partial charge < -0.3 is 10.5 Å². The van der Waals surface area contributed by atoms with Crippen LogP contribution in [0.5, 0.6) is 0 Å². The second-order valence-electron chi connectivity index (χ2n) is 4.71. The van der Waals surface area contributed by atoms with Gasteiger partial charge in [-0.15, -0.1) is 0 Å². The topological polar surface area (TPSA) is 69.4 Å². The Morgan fingerprint density at radius 2 is 1.80 bits per heavy atom. The normalized spacial score (nSPS) is 16.6. The van der Waals surface area contributed by atoms with Gasteiger partial charge in [-0.3, -0.25) is 4.79 Å². The molecule has 4 nitrogen and oxygen atoms in total. The highest BCUT2D eigenvalue weighted by Gasteiger charge is 2.31. The van der Waals surface area contributed by atoms with Crippen LogP contribution in [0.1, 0.15) is 37.9 Å². The molecule has 1 aliphatic rings. The van der Waals surface area contributed by atoms with E-state index >= 15 is 0 Å². The molecule has 0 bridgehead atoms. The average molecular weight is 267 g/mol. The minimum absolute atomic E-state index is 0.317. The molecule has 1 aliphatic heterocycles. The number of nitrogens with two attached hydrogens (primary N) is 1. The predicted octanol–water partition coefficient (Wildman–Crippen LogP) is 2.24. The molecule has 0 spiro atoms. The smallest absolute Gasteiger partial charge is 0.339 e. The summed E-state index contributed by atoms with van der Waals surface area (Å²) in [5.74, 6) is -0.791. The fourth-order valence-electron chi connectivity index (χ4n) is 2.51. The molecule has 0 radical (unpaired) electrons. The van der Waals surface area contributed by atoms with E-state index in [1.807, 2.05) is 24.3 Å². The summed E-state index contributed by atoms with van der Waals surface area (Å²) >= 11 is 0. The lowest BCUT2D eigenvalue weighted by molar-refractivity contribution is 0.0387. The molecule has 1 atom stereocenters. The Bertz CT molecular complexity index is 694. The van der Waals surface area contributed by atoms with Gasteiger partial charge in [-0.25, -0.2) is 4.79 Å². The summed E-state index contributed by atoms with van der Waals surface area (Å²) in [6.07, 6.45) is 0.0844. The van der Waals surface area contributed by atoms with E-state index in [1.165, 1.54) is 0 Å². The Kier molecular flexibility index (Phi) is 2.99. The van der Waals surface area contributed by atoms with Gasteiger partial charge in [0.25, 0.3) is 0 Å². The van der Waals surface area contributed by atoms with Crippen LogP contribution in [0.4, 0.5) is 0 Å². The van der Waals surface area contributed by atoms with Crippen molar-refractivity contribution >= 4 is 11.9 Å². The fourth-order valence-corrected chi connectivity index (χ4v) is 2.51. The quantitative estimate of drug-likeness (QED) is 0.867. The number of hydrogen-bond donors (Lipinski definition) is 1. The van der Waals surface area contributed by atoms with Crippen molar-refractivity contribution in [1.29, 1.82) is 0 Å². The van der Waals surface area contributed by atoms with E-state index in [-0.39, 0.29) is 12.1 Å². The number of amides is 1. The third-order valence-corrected chi connectivity index (χ3v) is 3.47. The molecule has 20 heavy (non-hydrogen) atoms. The lowest BCUT2D eigenvalue weighted by Crippen LogP contribution is -2.15. The van der Waals surface area contributed by atoms with Gasteiger partial charge in [0.15, 0.2) is 0 Å². The van der Waals surface area contributed by atoms with Gasteiger partial charge >= 0.3 is 5.97 Å². The predicted molar refractivity (Wildman–Crippen MR) is 73.3 cm³/mol. The Balaban J connectivity index is 1.94. The second kappa shape index (κ2) is 4.81. The molecule has 4 heteroatoms. The van der Waals surface area contributed by atoms with Gasteiger partial charge in [0.1, 0.15) is 6.10 Å². The van der Waals surface area contributed by atoms with Gasteiger partial charge in [0.2, 0.25) is 5.91 Å². The number of ether oxygens (including phenoxy) is 1. The summed E-state index contributed by atoms with van der Waals surface area (Å²) in [5, 5.41) is 0. The summed E-state index contributed by atoms with van der Waals surface area (Å²) in [4.78, 5) is 23.2. The number of primary amides is 1. The summed E-state index contributed by atoms with van der Waals surface area (Å²) < 4.78 is 5.38. The van der Waals surface area contributed by atoms with Crippen LogP contribution in [-0.2, 0) is 11.2 Å². The summed E-state index contributed by atoms with van der Waals surface area (Å²) in [6, 6.07) is 14.4. The molecule has 0 saturated carbocycles. The molecule has 0 saturated heterocycles. The number of rotatable bonds is 3. The highest BCUT2D eigenvalue weighted by molar-refractivity contribution is 5.95. The Hall–Kier alpha value is -2.62. The average Bonchev–Trinajstić information content (AvgIpc) is 2.76. The van der Waals surface area contributed by atoms with Gasteiger partial charge in [0, 0.05) is 17.5 Å². The summed E-state index contributed by atoms with van der Waals surface area (Å²) in [7, 11) is 0. The standard InChI is InChI=1S/C16H13NO3/c17-15(18)11-6-2-1-5-10(11)9-14-12-7-3-4-8-13(12)16(19)20-14/h1-8,14H,9H2,(H2,17,18)/t14-/m0/s1. The third-order valence-electron chi connectivity index (χ3n) is 3.47. The van der Waals surface area contributed by atoms with Crippen molar-refractivity contribution in [2.75, 3.05) is 0 Å². The zero-order chi connectivity index (χ0) is 14.1. The van der Waals surface area contributed by atoms with Crippen molar-refractivity contribution in [2.24, 2.45) is 5.73 Å². The van der Waals surface area contributed by atoms with Gasteiger partial charge in [-0.05, 0) is 17.7 Å². The van der Waals surface area contributed by atoms with Crippen LogP contribution in [0.15, 0.2) is 48.5 Å². The first kappa shape index (κ1) is 12.4. The summed E-state index contributed by atoms with van der Waals surface area (Å²) in [6.45, 7) is 0. The number of carbonyl (C=O) groups is 2. The van der Waals surface area contributed by atoms with Gasteiger partial charge in [-0.2, -0.15) is 0 Å². The highest BCUT2D eigenvalue weighted by atomic mass is 16.5. The van der Waals surface area contributed by atoms with Crippen LogP contribution in [0.2, 0.25) is 0 Å². The molecule has 2 N–H and O–H groups in total. The number of hydrogen-bond acceptors (Lipinski definition) is 3. The molecule has 0 fully saturated rings. The molecule has 0 aromatic heterocycles. The van der Waals surface area contributed by atoms with E-state index in [0.29, 0.717) is 17.5 Å². The highest BCUT2D eigenvalue weighted by Crippen LogP contribution is 2.33. The molecule has 100 valence electrons. The number of benzene rings is 2. The first-order valence-electron chi connectivity index (χ1n) is 6.34. The molecular weight excluding hydrogens is 254 g/mol. The number of cyclic esters (lactones) is 1. The lowest BCUT2D eigenvalue weighted by Gasteiger charge is -2.12. The molecular formula is C16H13NO3. The van der Waals surface area contributed by atoms with Crippen LogP contribution >= 0.6 is 0 Å². The van der Waals surface area contributed by atoms with Crippen molar-refractivity contribution < 1.29 is 14.3 Å². The van der Waals surface area contributed by atoms with Crippen LogP contribution < -0.4 is 5.73 Å². The van der Waals surface area contributed by atoms with Crippen molar-refractivity contribution in [3.8, 4) is 0 Å². The van der Waals surface area contributed by atoms with E-state index in [1.54, 1.807) is 24.3 Å². The molecule has 1 heterocycles. The maximum atomic E-state index is 11.8. The maximum Gasteiger partial charge on any atom is 0.339 e. The number of fused-ring (bicyclic) bond motifs is 1. The maximum absolute atomic E-state index is 11.8. The van der Waals surface area contributed by atoms with Crippen molar-refractivity contribution in [3.05, 3.63) is 70.8 Å². The minimum Gasteiger partial charge on any atom is -0.454 e. The number of esters is 1. The van der Waals surface area contributed by atoms with Crippen LogP contribution in [0, 0.1) is 0 Å². The Morgan fingerprint density at radius 1 is 1.10 bits per heavy atom. The van der Waals surface area contributed by atoms with E-state index in [0.717, 1.165) is 11.1 Å². The van der Waals surface area contributed by atoms with Crippen molar-refractivity contribution in [2.45, 2.75) is 12.5 Å². The van der Waals surface area contributed by atoms with Crippen LogP contribution in [-0.4, -0.2) is 11.9 Å². The first-order chi connectivity index (χ1) is 9.66. The largest absolute Gasteiger partial charge is 0.454 e. The van der Waals surface area contributed by atoms with Gasteiger partial charge in [-0.1, -0.05) is 36.4 Å². The van der Waals surface area contributed by atoms with Crippen molar-refractivity contribution in [3.63, 3.8) is 0 Å². The van der Waals surface area contributed by atoms with E-state index in [2.05, 4.69) is 0 Å². The first-order valence-corrected chi connectivity index (χ1v) is 6.34. The molecule has 0 unspecified atom stereocenters. The molecule has 2 aromatic carbocycles. The van der Waals surface area contributed by atoms with Crippen LogP contribution in [0.25, 0.3) is 0 Å². The lowest BCUT2D eigenvalue weighted by atomic mass is 9.96. The zero-order valence-electron chi connectivity index (χ0n) is 10.7. The molecule has 3 rings (SSSR count). The monoisotopic (exact) mass is 267 g/mol. The van der Waals surface area contributed by atoms with E-state index < -0.39 is 5.91 Å². The second-order valence-corrected chi connectivity index (χ2v) is 4.71. The molecule has 1 amide bonds. The SMILES string of the molecule is NC(=O)c1ccccc1C[C@@H]1OC(=O)c2ccccc21. The minimum atomic E-state index is -0.474. The fraction of sp³-hybridized carbons (Fsp3) is 0.125. The Morgan fingerprint density at radius 3 is 2.60 bits per heavy atom. The van der Waals surface area contributed by atoms with E-state index in [4.69, 9.17) is 10.5 Å².